The molecular weight excluding hydrogens is 260 g/mol. The quantitative estimate of drug-likeness (QED) is 0.664. The predicted molar refractivity (Wildman–Crippen MR) is 78.6 cm³/mol. The molecule has 0 aliphatic rings. The van der Waals surface area contributed by atoms with E-state index >= 15 is 0 Å². The number of hydrogen-bond acceptors (Lipinski definition) is 5. The van der Waals surface area contributed by atoms with Crippen molar-refractivity contribution >= 4 is 28.7 Å². The third-order valence-corrected chi connectivity index (χ3v) is 3.61. The summed E-state index contributed by atoms with van der Waals surface area (Å²) in [4.78, 5) is 11.7. The van der Waals surface area contributed by atoms with Crippen molar-refractivity contribution in [1.82, 2.24) is 0 Å². The average Bonchev–Trinajstić information content (AvgIpc) is 2.94. The number of thiophene rings is 1. The Balaban J connectivity index is 2.31. The molecule has 1 aromatic carbocycles. The van der Waals surface area contributed by atoms with E-state index in [1.807, 2.05) is 18.4 Å². The van der Waals surface area contributed by atoms with E-state index in [9.17, 15) is 4.79 Å². The van der Waals surface area contributed by atoms with E-state index in [4.69, 9.17) is 10.5 Å². The van der Waals surface area contributed by atoms with E-state index in [1.54, 1.807) is 29.5 Å². The van der Waals surface area contributed by atoms with E-state index in [-0.39, 0.29) is 6.04 Å². The molecule has 1 unspecified atom stereocenters. The van der Waals surface area contributed by atoms with Crippen LogP contribution in [0.15, 0.2) is 35.0 Å². The number of methoxy groups -OCH3 is 1. The van der Waals surface area contributed by atoms with Crippen molar-refractivity contribution in [2.45, 2.75) is 13.0 Å². The van der Waals surface area contributed by atoms with Crippen molar-refractivity contribution in [2.24, 2.45) is 0 Å². The minimum Gasteiger partial charge on any atom is -0.465 e. The summed E-state index contributed by atoms with van der Waals surface area (Å²) in [7, 11) is 1.36. The lowest BCUT2D eigenvalue weighted by molar-refractivity contribution is 0.0602. The van der Waals surface area contributed by atoms with Crippen LogP contribution in [0, 0.1) is 0 Å². The van der Waals surface area contributed by atoms with E-state index in [1.165, 1.54) is 7.11 Å². The number of ether oxygens (including phenoxy) is 1. The number of rotatable bonds is 4. The van der Waals surface area contributed by atoms with Crippen LogP contribution < -0.4 is 11.1 Å². The third kappa shape index (κ3) is 2.88. The molecular formula is C14H16N2O2S. The lowest BCUT2D eigenvalue weighted by Crippen LogP contribution is -2.13. The Bertz CT molecular complexity index is 567. The fourth-order valence-corrected chi connectivity index (χ4v) is 2.59. The SMILES string of the molecule is COC(=O)c1cccc(N)c1NC(C)c1ccsc1. The molecule has 3 N–H and O–H groups in total. The molecule has 0 fully saturated rings. The molecule has 0 amide bonds. The first-order chi connectivity index (χ1) is 9.13. The van der Waals surface area contributed by atoms with Gasteiger partial charge in [0.15, 0.2) is 0 Å². The Labute approximate surface area is 116 Å². The lowest BCUT2D eigenvalue weighted by atomic mass is 10.1. The van der Waals surface area contributed by atoms with E-state index < -0.39 is 5.97 Å². The van der Waals surface area contributed by atoms with Crippen LogP contribution >= 0.6 is 11.3 Å². The number of benzene rings is 1. The number of carbonyl (C=O) groups is 1. The topological polar surface area (TPSA) is 64.3 Å². The second-order valence-electron chi connectivity index (χ2n) is 4.18. The maximum absolute atomic E-state index is 11.7. The molecule has 2 rings (SSSR count). The molecule has 19 heavy (non-hydrogen) atoms. The van der Waals surface area contributed by atoms with Crippen molar-refractivity contribution in [3.05, 3.63) is 46.2 Å². The van der Waals surface area contributed by atoms with E-state index in [0.717, 1.165) is 5.56 Å². The van der Waals surface area contributed by atoms with Crippen molar-refractivity contribution in [3.63, 3.8) is 0 Å². The number of para-hydroxylation sites is 1. The van der Waals surface area contributed by atoms with Crippen LogP contribution in [-0.4, -0.2) is 13.1 Å². The molecule has 0 saturated carbocycles. The maximum atomic E-state index is 11.7. The molecule has 0 bridgehead atoms. The Morgan fingerprint density at radius 2 is 2.21 bits per heavy atom. The molecule has 1 heterocycles. The van der Waals surface area contributed by atoms with Gasteiger partial charge in [-0.1, -0.05) is 6.07 Å². The highest BCUT2D eigenvalue weighted by Crippen LogP contribution is 2.29. The number of anilines is 2. The van der Waals surface area contributed by atoms with Crippen molar-refractivity contribution in [2.75, 3.05) is 18.2 Å². The standard InChI is InChI=1S/C14H16N2O2S/c1-9(10-6-7-19-8-10)16-13-11(14(17)18-2)4-3-5-12(13)15/h3-9,16H,15H2,1-2H3. The van der Waals surface area contributed by atoms with Gasteiger partial charge in [-0.05, 0) is 41.4 Å². The largest absolute Gasteiger partial charge is 0.465 e. The molecule has 2 aromatic rings. The van der Waals surface area contributed by atoms with Crippen molar-refractivity contribution in [3.8, 4) is 0 Å². The summed E-state index contributed by atoms with van der Waals surface area (Å²) >= 11 is 1.63. The molecule has 4 nitrogen and oxygen atoms in total. The monoisotopic (exact) mass is 276 g/mol. The van der Waals surface area contributed by atoms with Crippen LogP contribution in [0.2, 0.25) is 0 Å². The minimum atomic E-state index is -0.396. The summed E-state index contributed by atoms with van der Waals surface area (Å²) in [5.41, 5.74) is 8.70. The van der Waals surface area contributed by atoms with E-state index in [2.05, 4.69) is 10.7 Å². The van der Waals surface area contributed by atoms with Crippen LogP contribution in [0.4, 0.5) is 11.4 Å². The summed E-state index contributed by atoms with van der Waals surface area (Å²) in [6.07, 6.45) is 0. The van der Waals surface area contributed by atoms with Crippen LogP contribution in [-0.2, 0) is 4.74 Å². The predicted octanol–water partition coefficient (Wildman–Crippen LogP) is 3.29. The summed E-state index contributed by atoms with van der Waals surface area (Å²) < 4.78 is 4.77. The minimum absolute atomic E-state index is 0.0688. The first-order valence-electron chi connectivity index (χ1n) is 5.89. The average molecular weight is 276 g/mol. The smallest absolute Gasteiger partial charge is 0.340 e. The van der Waals surface area contributed by atoms with Gasteiger partial charge in [-0.2, -0.15) is 11.3 Å². The summed E-state index contributed by atoms with van der Waals surface area (Å²) in [6, 6.07) is 7.31. The summed E-state index contributed by atoms with van der Waals surface area (Å²) in [5.74, 6) is -0.396. The molecule has 0 saturated heterocycles. The second kappa shape index (κ2) is 5.75. The van der Waals surface area contributed by atoms with Gasteiger partial charge in [0.25, 0.3) is 0 Å². The first kappa shape index (κ1) is 13.4. The zero-order chi connectivity index (χ0) is 13.8. The zero-order valence-corrected chi connectivity index (χ0v) is 11.7. The molecule has 1 atom stereocenters. The fraction of sp³-hybridized carbons (Fsp3) is 0.214. The first-order valence-corrected chi connectivity index (χ1v) is 6.83. The van der Waals surface area contributed by atoms with Crippen molar-refractivity contribution < 1.29 is 9.53 Å². The fourth-order valence-electron chi connectivity index (χ4n) is 1.83. The van der Waals surface area contributed by atoms with Crippen molar-refractivity contribution in [1.29, 1.82) is 0 Å². The maximum Gasteiger partial charge on any atom is 0.340 e. The highest BCUT2D eigenvalue weighted by molar-refractivity contribution is 7.08. The van der Waals surface area contributed by atoms with Crippen LogP contribution in [0.3, 0.4) is 0 Å². The summed E-state index contributed by atoms with van der Waals surface area (Å²) in [6.45, 7) is 2.02. The molecule has 0 aliphatic carbocycles. The van der Waals surface area contributed by atoms with Gasteiger partial charge in [-0.3, -0.25) is 0 Å². The summed E-state index contributed by atoms with van der Waals surface area (Å²) in [5, 5.41) is 7.36. The molecule has 0 aliphatic heterocycles. The molecule has 5 heteroatoms. The molecule has 1 aromatic heterocycles. The van der Waals surface area contributed by atoms with Crippen LogP contribution in [0.5, 0.6) is 0 Å². The number of nitrogens with one attached hydrogen (secondary N) is 1. The number of nitrogens with two attached hydrogens (primary N) is 1. The Hall–Kier alpha value is -2.01. The molecule has 0 spiro atoms. The van der Waals surface area contributed by atoms with Crippen LogP contribution in [0.25, 0.3) is 0 Å². The van der Waals surface area contributed by atoms with Gasteiger partial charge < -0.3 is 15.8 Å². The highest BCUT2D eigenvalue weighted by Gasteiger charge is 2.16. The van der Waals surface area contributed by atoms with Gasteiger partial charge >= 0.3 is 5.97 Å². The lowest BCUT2D eigenvalue weighted by Gasteiger charge is -2.18. The number of nitrogen functional groups attached to an aromatic ring is 1. The van der Waals surface area contributed by atoms with Gasteiger partial charge in [0.1, 0.15) is 0 Å². The number of hydrogen-bond donors (Lipinski definition) is 2. The molecule has 100 valence electrons. The number of esters is 1. The van der Waals surface area contributed by atoms with E-state index in [0.29, 0.717) is 16.9 Å². The second-order valence-corrected chi connectivity index (χ2v) is 4.96. The van der Waals surface area contributed by atoms with Gasteiger partial charge in [-0.25, -0.2) is 4.79 Å². The van der Waals surface area contributed by atoms with Gasteiger partial charge in [0.2, 0.25) is 0 Å². The highest BCUT2D eigenvalue weighted by atomic mass is 32.1. The molecule has 0 radical (unpaired) electrons. The van der Waals surface area contributed by atoms with Gasteiger partial charge in [0, 0.05) is 6.04 Å². The Morgan fingerprint density at radius 3 is 2.84 bits per heavy atom. The number of carbonyl (C=O) groups excluding carboxylic acids is 1. The Morgan fingerprint density at radius 1 is 1.42 bits per heavy atom. The van der Waals surface area contributed by atoms with Gasteiger partial charge in [-0.15, -0.1) is 0 Å². The normalized spacial score (nSPS) is 11.9. The Kier molecular flexibility index (Phi) is 4.06. The van der Waals surface area contributed by atoms with Gasteiger partial charge in [0.05, 0.1) is 24.0 Å². The van der Waals surface area contributed by atoms with Crippen LogP contribution in [0.1, 0.15) is 28.9 Å². The zero-order valence-electron chi connectivity index (χ0n) is 10.8. The third-order valence-electron chi connectivity index (χ3n) is 2.91.